The maximum absolute atomic E-state index is 11.5. The number of phenols is 1. The summed E-state index contributed by atoms with van der Waals surface area (Å²) >= 11 is 6.43. The fraction of sp³-hybridized carbons (Fsp3) is 0.308. The van der Waals surface area contributed by atoms with Gasteiger partial charge >= 0.3 is 0 Å². The molecule has 0 bridgehead atoms. The van der Waals surface area contributed by atoms with Crippen LogP contribution in [0.4, 0.5) is 5.13 Å². The first kappa shape index (κ1) is 14.7. The number of thiazole rings is 1. The second-order valence-corrected chi connectivity index (χ2v) is 5.72. The average molecular weight is 309 g/mol. The first-order chi connectivity index (χ1) is 9.58. The SMILES string of the molecule is CCCCC(=O)NC(=S)Nc1nc2ccc(O)cc2s1. The van der Waals surface area contributed by atoms with E-state index in [0.717, 1.165) is 23.1 Å². The Balaban J connectivity index is 1.97. The van der Waals surface area contributed by atoms with Crippen LogP contribution in [-0.4, -0.2) is 21.1 Å². The van der Waals surface area contributed by atoms with E-state index >= 15 is 0 Å². The van der Waals surface area contributed by atoms with E-state index in [1.807, 2.05) is 6.92 Å². The lowest BCUT2D eigenvalue weighted by atomic mass is 10.2. The van der Waals surface area contributed by atoms with Crippen molar-refractivity contribution in [2.75, 3.05) is 5.32 Å². The third-order valence-corrected chi connectivity index (χ3v) is 3.74. The number of phenolic OH excluding ortho intramolecular Hbond substituents is 1. The number of carbonyl (C=O) groups excluding carboxylic acids is 1. The van der Waals surface area contributed by atoms with Crippen LogP contribution in [0.15, 0.2) is 18.2 Å². The number of hydrogen-bond donors (Lipinski definition) is 3. The Labute approximate surface area is 126 Å². The Morgan fingerprint density at radius 2 is 2.30 bits per heavy atom. The van der Waals surface area contributed by atoms with Crippen LogP contribution < -0.4 is 10.6 Å². The number of amides is 1. The van der Waals surface area contributed by atoms with Crippen molar-refractivity contribution in [3.63, 3.8) is 0 Å². The lowest BCUT2D eigenvalue weighted by molar-refractivity contribution is -0.119. The highest BCUT2D eigenvalue weighted by atomic mass is 32.1. The molecule has 5 nitrogen and oxygen atoms in total. The smallest absolute Gasteiger partial charge is 0.226 e. The average Bonchev–Trinajstić information content (AvgIpc) is 2.77. The zero-order valence-electron chi connectivity index (χ0n) is 11.0. The lowest BCUT2D eigenvalue weighted by Gasteiger charge is -2.06. The minimum absolute atomic E-state index is 0.0943. The van der Waals surface area contributed by atoms with Gasteiger partial charge in [0.05, 0.1) is 10.2 Å². The molecular formula is C13H15N3O2S2. The largest absolute Gasteiger partial charge is 0.508 e. The summed E-state index contributed by atoms with van der Waals surface area (Å²) < 4.78 is 0.854. The van der Waals surface area contributed by atoms with Crippen molar-refractivity contribution >= 4 is 49.9 Å². The number of aromatic nitrogens is 1. The highest BCUT2D eigenvalue weighted by molar-refractivity contribution is 7.80. The van der Waals surface area contributed by atoms with Crippen molar-refractivity contribution in [3.8, 4) is 5.75 Å². The molecule has 20 heavy (non-hydrogen) atoms. The molecule has 2 aromatic rings. The number of benzene rings is 1. The number of nitrogens with one attached hydrogen (secondary N) is 2. The second-order valence-electron chi connectivity index (χ2n) is 4.28. The van der Waals surface area contributed by atoms with Crippen molar-refractivity contribution in [3.05, 3.63) is 18.2 Å². The summed E-state index contributed by atoms with van der Waals surface area (Å²) in [6.45, 7) is 2.03. The van der Waals surface area contributed by atoms with Gasteiger partial charge in [0, 0.05) is 6.42 Å². The molecule has 1 amide bonds. The molecule has 0 aliphatic heterocycles. The van der Waals surface area contributed by atoms with Crippen LogP contribution >= 0.6 is 23.6 Å². The molecule has 0 fully saturated rings. The third kappa shape index (κ3) is 3.88. The van der Waals surface area contributed by atoms with Gasteiger partial charge in [-0.2, -0.15) is 0 Å². The molecular weight excluding hydrogens is 294 g/mol. The van der Waals surface area contributed by atoms with E-state index in [1.54, 1.807) is 18.2 Å². The summed E-state index contributed by atoms with van der Waals surface area (Å²) in [4.78, 5) is 15.9. The van der Waals surface area contributed by atoms with Crippen molar-refractivity contribution < 1.29 is 9.90 Å². The molecule has 1 heterocycles. The van der Waals surface area contributed by atoms with Gasteiger partial charge in [-0.05, 0) is 36.8 Å². The highest BCUT2D eigenvalue weighted by Crippen LogP contribution is 2.28. The molecule has 2 rings (SSSR count). The van der Waals surface area contributed by atoms with Gasteiger partial charge in [0.15, 0.2) is 10.2 Å². The molecule has 0 radical (unpaired) electrons. The van der Waals surface area contributed by atoms with Gasteiger partial charge in [0.25, 0.3) is 0 Å². The Kier molecular flexibility index (Phi) is 4.86. The summed E-state index contributed by atoms with van der Waals surface area (Å²) in [7, 11) is 0. The molecule has 7 heteroatoms. The first-order valence-corrected chi connectivity index (χ1v) is 7.51. The second kappa shape index (κ2) is 6.62. The number of fused-ring (bicyclic) bond motifs is 1. The van der Waals surface area contributed by atoms with E-state index in [4.69, 9.17) is 12.2 Å². The molecule has 0 spiro atoms. The Hall–Kier alpha value is -1.73. The predicted octanol–water partition coefficient (Wildman–Crippen LogP) is 3.01. The van der Waals surface area contributed by atoms with E-state index < -0.39 is 0 Å². The molecule has 1 aromatic heterocycles. The predicted molar refractivity (Wildman–Crippen MR) is 85.2 cm³/mol. The van der Waals surface area contributed by atoms with Gasteiger partial charge in [0.1, 0.15) is 5.75 Å². The maximum Gasteiger partial charge on any atom is 0.226 e. The van der Waals surface area contributed by atoms with Gasteiger partial charge in [-0.3, -0.25) is 4.79 Å². The fourth-order valence-electron chi connectivity index (χ4n) is 1.62. The molecule has 0 saturated carbocycles. The van der Waals surface area contributed by atoms with Crippen LogP contribution in [0.2, 0.25) is 0 Å². The molecule has 0 atom stereocenters. The zero-order chi connectivity index (χ0) is 14.5. The summed E-state index contributed by atoms with van der Waals surface area (Å²) in [6.07, 6.45) is 2.27. The van der Waals surface area contributed by atoms with Crippen LogP contribution in [0.5, 0.6) is 5.75 Å². The van der Waals surface area contributed by atoms with Gasteiger partial charge in [-0.25, -0.2) is 4.98 Å². The van der Waals surface area contributed by atoms with Crippen molar-refractivity contribution in [2.24, 2.45) is 0 Å². The van der Waals surface area contributed by atoms with Gasteiger partial charge in [-0.15, -0.1) is 0 Å². The number of aromatic hydroxyl groups is 1. The topological polar surface area (TPSA) is 74.2 Å². The molecule has 0 aliphatic carbocycles. The van der Waals surface area contributed by atoms with Crippen molar-refractivity contribution in [1.82, 2.24) is 10.3 Å². The maximum atomic E-state index is 11.5. The van der Waals surface area contributed by atoms with Crippen molar-refractivity contribution in [1.29, 1.82) is 0 Å². The molecule has 1 aromatic carbocycles. The molecule has 0 saturated heterocycles. The van der Waals surface area contributed by atoms with Crippen LogP contribution in [0.3, 0.4) is 0 Å². The third-order valence-electron chi connectivity index (χ3n) is 2.60. The monoisotopic (exact) mass is 309 g/mol. The lowest BCUT2D eigenvalue weighted by Crippen LogP contribution is -2.33. The minimum atomic E-state index is -0.0943. The van der Waals surface area contributed by atoms with Gasteiger partial charge in [0.2, 0.25) is 5.91 Å². The highest BCUT2D eigenvalue weighted by Gasteiger charge is 2.08. The number of nitrogens with zero attached hydrogens (tertiary/aromatic N) is 1. The standard InChI is InChI=1S/C13H15N3O2S2/c1-2-3-4-11(18)15-12(19)16-13-14-9-6-5-8(17)7-10(9)20-13/h5-7,17H,2-4H2,1H3,(H2,14,15,16,18,19). The molecule has 0 unspecified atom stereocenters. The first-order valence-electron chi connectivity index (χ1n) is 6.29. The fourth-order valence-corrected chi connectivity index (χ4v) is 2.80. The quantitative estimate of drug-likeness (QED) is 0.757. The minimum Gasteiger partial charge on any atom is -0.508 e. The van der Waals surface area contributed by atoms with E-state index in [1.165, 1.54) is 11.3 Å². The molecule has 106 valence electrons. The Morgan fingerprint density at radius 3 is 3.05 bits per heavy atom. The van der Waals surface area contributed by atoms with Crippen LogP contribution in [0.25, 0.3) is 10.2 Å². The van der Waals surface area contributed by atoms with E-state index in [9.17, 15) is 9.90 Å². The summed E-state index contributed by atoms with van der Waals surface area (Å²) in [5.74, 6) is 0.103. The van der Waals surface area contributed by atoms with Crippen LogP contribution in [0, 0.1) is 0 Å². The number of anilines is 1. The number of hydrogen-bond acceptors (Lipinski definition) is 5. The van der Waals surface area contributed by atoms with E-state index in [-0.39, 0.29) is 16.8 Å². The zero-order valence-corrected chi connectivity index (χ0v) is 12.6. The Bertz CT molecular complexity index is 640. The Morgan fingerprint density at radius 1 is 1.50 bits per heavy atom. The van der Waals surface area contributed by atoms with E-state index in [2.05, 4.69) is 15.6 Å². The summed E-state index contributed by atoms with van der Waals surface area (Å²) in [5.41, 5.74) is 0.774. The number of unbranched alkanes of at least 4 members (excludes halogenated alkanes) is 1. The van der Waals surface area contributed by atoms with Gasteiger partial charge < -0.3 is 15.7 Å². The summed E-state index contributed by atoms with van der Waals surface area (Å²) in [5, 5.41) is 15.7. The molecule has 0 aliphatic rings. The van der Waals surface area contributed by atoms with Crippen LogP contribution in [-0.2, 0) is 4.79 Å². The summed E-state index contributed by atoms with van der Waals surface area (Å²) in [6, 6.07) is 4.95. The van der Waals surface area contributed by atoms with Gasteiger partial charge in [-0.1, -0.05) is 24.7 Å². The number of carbonyl (C=O) groups is 1. The van der Waals surface area contributed by atoms with E-state index in [0.29, 0.717) is 11.6 Å². The molecule has 3 N–H and O–H groups in total. The van der Waals surface area contributed by atoms with Crippen molar-refractivity contribution in [2.45, 2.75) is 26.2 Å². The normalized spacial score (nSPS) is 10.4. The van der Waals surface area contributed by atoms with Crippen LogP contribution in [0.1, 0.15) is 26.2 Å². The number of thiocarbonyl (C=S) groups is 1. The number of rotatable bonds is 4.